The summed E-state index contributed by atoms with van der Waals surface area (Å²) in [6.45, 7) is 8.08. The van der Waals surface area contributed by atoms with Crippen LogP contribution in [0.15, 0.2) is 30.3 Å². The highest BCUT2D eigenvalue weighted by Crippen LogP contribution is 2.35. The Balaban J connectivity index is 3.00. The average molecular weight is 247 g/mol. The van der Waals surface area contributed by atoms with E-state index in [2.05, 4.69) is 63.1 Å². The molecule has 0 spiro atoms. The van der Waals surface area contributed by atoms with E-state index >= 15 is 0 Å². The largest absolute Gasteiger partial charge is 0.297 e. The second-order valence-corrected chi connectivity index (χ2v) is 5.28. The van der Waals surface area contributed by atoms with Gasteiger partial charge in [-0.15, -0.1) is 0 Å². The van der Waals surface area contributed by atoms with E-state index in [1.807, 2.05) is 0 Å². The summed E-state index contributed by atoms with van der Waals surface area (Å²) in [7, 11) is 2.29. The SMILES string of the molecule is CCCCN(C)C(CC)(CCC)c1ccccc1. The first-order chi connectivity index (χ1) is 8.71. The van der Waals surface area contributed by atoms with Crippen molar-refractivity contribution in [1.29, 1.82) is 0 Å². The van der Waals surface area contributed by atoms with Crippen LogP contribution in [-0.2, 0) is 5.54 Å². The molecule has 102 valence electrons. The Bertz CT molecular complexity index is 320. The molecule has 1 rings (SSSR count). The summed E-state index contributed by atoms with van der Waals surface area (Å²) in [5.74, 6) is 0. The molecule has 0 saturated heterocycles. The molecule has 0 heterocycles. The summed E-state index contributed by atoms with van der Waals surface area (Å²) >= 11 is 0. The maximum Gasteiger partial charge on any atom is 0.0454 e. The Morgan fingerprint density at radius 3 is 2.17 bits per heavy atom. The van der Waals surface area contributed by atoms with Gasteiger partial charge in [-0.25, -0.2) is 0 Å². The van der Waals surface area contributed by atoms with Crippen LogP contribution < -0.4 is 0 Å². The van der Waals surface area contributed by atoms with Crippen molar-refractivity contribution < 1.29 is 0 Å². The molecule has 18 heavy (non-hydrogen) atoms. The van der Waals surface area contributed by atoms with E-state index in [1.54, 1.807) is 0 Å². The summed E-state index contributed by atoms with van der Waals surface area (Å²) in [6.07, 6.45) is 6.22. The molecule has 0 fully saturated rings. The van der Waals surface area contributed by atoms with Crippen molar-refractivity contribution in [2.24, 2.45) is 0 Å². The molecule has 1 unspecified atom stereocenters. The van der Waals surface area contributed by atoms with Gasteiger partial charge in [-0.2, -0.15) is 0 Å². The molecule has 0 aromatic heterocycles. The lowest BCUT2D eigenvalue weighted by Gasteiger charge is -2.42. The van der Waals surface area contributed by atoms with Crippen molar-refractivity contribution in [3.05, 3.63) is 35.9 Å². The Kier molecular flexibility index (Phi) is 6.42. The van der Waals surface area contributed by atoms with Crippen molar-refractivity contribution in [1.82, 2.24) is 4.90 Å². The number of unbranched alkanes of at least 4 members (excludes halogenated alkanes) is 1. The van der Waals surface area contributed by atoms with Crippen molar-refractivity contribution in [3.8, 4) is 0 Å². The lowest BCUT2D eigenvalue weighted by molar-refractivity contribution is 0.0979. The van der Waals surface area contributed by atoms with Crippen molar-refractivity contribution in [2.75, 3.05) is 13.6 Å². The molecule has 0 aliphatic carbocycles. The predicted molar refractivity (Wildman–Crippen MR) is 80.9 cm³/mol. The highest BCUT2D eigenvalue weighted by atomic mass is 15.2. The number of benzene rings is 1. The predicted octanol–water partition coefficient (Wildman–Crippen LogP) is 4.82. The fourth-order valence-electron chi connectivity index (χ4n) is 2.98. The van der Waals surface area contributed by atoms with Crippen molar-refractivity contribution >= 4 is 0 Å². The third-order valence-corrected chi connectivity index (χ3v) is 4.14. The van der Waals surface area contributed by atoms with Crippen LogP contribution in [0.3, 0.4) is 0 Å². The molecule has 1 heteroatoms. The van der Waals surface area contributed by atoms with Crippen LogP contribution in [0.1, 0.15) is 58.4 Å². The van der Waals surface area contributed by atoms with Gasteiger partial charge in [-0.1, -0.05) is 63.9 Å². The Hall–Kier alpha value is -0.820. The number of nitrogens with zero attached hydrogens (tertiary/aromatic N) is 1. The molecule has 0 aliphatic heterocycles. The Morgan fingerprint density at radius 2 is 1.67 bits per heavy atom. The lowest BCUT2D eigenvalue weighted by Crippen LogP contribution is -2.43. The first kappa shape index (κ1) is 15.2. The second-order valence-electron chi connectivity index (χ2n) is 5.28. The average Bonchev–Trinajstić information content (AvgIpc) is 2.43. The minimum Gasteiger partial charge on any atom is -0.297 e. The molecule has 0 amide bonds. The minimum absolute atomic E-state index is 0.227. The summed E-state index contributed by atoms with van der Waals surface area (Å²) in [4.78, 5) is 2.58. The molecule has 0 aliphatic rings. The van der Waals surface area contributed by atoms with Crippen LogP contribution in [0.4, 0.5) is 0 Å². The van der Waals surface area contributed by atoms with E-state index in [4.69, 9.17) is 0 Å². The van der Waals surface area contributed by atoms with Gasteiger partial charge in [0.15, 0.2) is 0 Å². The zero-order valence-corrected chi connectivity index (χ0v) is 12.6. The first-order valence-electron chi connectivity index (χ1n) is 7.48. The number of hydrogen-bond donors (Lipinski definition) is 0. The lowest BCUT2D eigenvalue weighted by atomic mass is 9.81. The maximum atomic E-state index is 2.58. The molecule has 0 bridgehead atoms. The molecule has 1 nitrogen and oxygen atoms in total. The number of rotatable bonds is 8. The zero-order chi connectivity index (χ0) is 13.4. The van der Waals surface area contributed by atoms with E-state index in [9.17, 15) is 0 Å². The standard InChI is InChI=1S/C17H29N/c1-5-8-15-18(4)17(7-3,14-6-2)16-12-10-9-11-13-16/h9-13H,5-8,14-15H2,1-4H3. The highest BCUT2D eigenvalue weighted by Gasteiger charge is 2.33. The molecule has 1 aromatic carbocycles. The van der Waals surface area contributed by atoms with Crippen molar-refractivity contribution in [3.63, 3.8) is 0 Å². The summed E-state index contributed by atoms with van der Waals surface area (Å²) in [5, 5.41) is 0. The normalized spacial score (nSPS) is 14.7. The van der Waals surface area contributed by atoms with E-state index in [-0.39, 0.29) is 5.54 Å². The van der Waals surface area contributed by atoms with Gasteiger partial charge in [0.05, 0.1) is 0 Å². The summed E-state index contributed by atoms with van der Waals surface area (Å²) in [6, 6.07) is 11.0. The molecule has 1 aromatic rings. The molecule has 0 saturated carbocycles. The van der Waals surface area contributed by atoms with Crippen LogP contribution in [0.2, 0.25) is 0 Å². The topological polar surface area (TPSA) is 3.24 Å². The molecule has 1 atom stereocenters. The minimum atomic E-state index is 0.227. The van der Waals surface area contributed by atoms with Gasteiger partial charge in [0, 0.05) is 5.54 Å². The van der Waals surface area contributed by atoms with Crippen LogP contribution in [0.25, 0.3) is 0 Å². The van der Waals surface area contributed by atoms with Crippen LogP contribution in [0, 0.1) is 0 Å². The van der Waals surface area contributed by atoms with Gasteiger partial charge in [-0.05, 0) is 38.4 Å². The van der Waals surface area contributed by atoms with Gasteiger partial charge in [0.2, 0.25) is 0 Å². The van der Waals surface area contributed by atoms with E-state index in [0.29, 0.717) is 0 Å². The molecule has 0 N–H and O–H groups in total. The van der Waals surface area contributed by atoms with E-state index in [1.165, 1.54) is 44.2 Å². The third kappa shape index (κ3) is 3.35. The van der Waals surface area contributed by atoms with Gasteiger partial charge in [0.1, 0.15) is 0 Å². The molecule has 0 radical (unpaired) electrons. The van der Waals surface area contributed by atoms with Crippen molar-refractivity contribution in [2.45, 2.75) is 58.4 Å². The van der Waals surface area contributed by atoms with E-state index in [0.717, 1.165) is 0 Å². The van der Waals surface area contributed by atoms with Gasteiger partial charge >= 0.3 is 0 Å². The van der Waals surface area contributed by atoms with E-state index < -0.39 is 0 Å². The smallest absolute Gasteiger partial charge is 0.0454 e. The van der Waals surface area contributed by atoms with Crippen LogP contribution in [-0.4, -0.2) is 18.5 Å². The monoisotopic (exact) mass is 247 g/mol. The zero-order valence-electron chi connectivity index (χ0n) is 12.6. The number of hydrogen-bond acceptors (Lipinski definition) is 1. The van der Waals surface area contributed by atoms with Crippen LogP contribution in [0.5, 0.6) is 0 Å². The fraction of sp³-hybridized carbons (Fsp3) is 0.647. The second kappa shape index (κ2) is 7.58. The highest BCUT2D eigenvalue weighted by molar-refractivity contribution is 5.24. The molecular formula is C17H29N. The van der Waals surface area contributed by atoms with Gasteiger partial charge in [0.25, 0.3) is 0 Å². The molecular weight excluding hydrogens is 218 g/mol. The van der Waals surface area contributed by atoms with Gasteiger partial charge < -0.3 is 0 Å². The Morgan fingerprint density at radius 1 is 1.00 bits per heavy atom. The maximum absolute atomic E-state index is 2.58. The first-order valence-corrected chi connectivity index (χ1v) is 7.48. The van der Waals surface area contributed by atoms with Gasteiger partial charge in [-0.3, -0.25) is 4.90 Å². The van der Waals surface area contributed by atoms with Crippen LogP contribution >= 0.6 is 0 Å². The quantitative estimate of drug-likeness (QED) is 0.636. The summed E-state index contributed by atoms with van der Waals surface area (Å²) in [5.41, 5.74) is 1.71. The third-order valence-electron chi connectivity index (χ3n) is 4.14. The summed E-state index contributed by atoms with van der Waals surface area (Å²) < 4.78 is 0. The fourth-order valence-corrected chi connectivity index (χ4v) is 2.98. The Labute approximate surface area is 113 Å².